The molecule has 0 bridgehead atoms. The molecule has 1 heterocycles. The van der Waals surface area contributed by atoms with Crippen LogP contribution in [0.2, 0.25) is 5.02 Å². The average Bonchev–Trinajstić information content (AvgIpc) is 3.16. The standard InChI is InChI=1S/C25H30ClN3O/c1-29(22-5-3-2-4-6-22)14-13-27-25(30)16-20-17-28-24-15-19(9-12-23(20)24)18-7-10-21(26)11-8-18/h7-12,15,17,22,28H,2-6,13-14,16H2,1H3,(H,27,30). The van der Waals surface area contributed by atoms with Crippen molar-refractivity contribution in [2.24, 2.45) is 0 Å². The first-order valence-electron chi connectivity index (χ1n) is 10.9. The maximum absolute atomic E-state index is 12.5. The summed E-state index contributed by atoms with van der Waals surface area (Å²) in [5.74, 6) is 0.0784. The Morgan fingerprint density at radius 1 is 1.10 bits per heavy atom. The number of likely N-dealkylation sites (N-methyl/N-ethyl adjacent to an activating group) is 1. The van der Waals surface area contributed by atoms with Crippen LogP contribution in [-0.4, -0.2) is 42.0 Å². The quantitative estimate of drug-likeness (QED) is 0.533. The number of aromatic nitrogens is 1. The Morgan fingerprint density at radius 3 is 2.60 bits per heavy atom. The number of fused-ring (bicyclic) bond motifs is 1. The lowest BCUT2D eigenvalue weighted by molar-refractivity contribution is -0.120. The molecule has 5 heteroatoms. The molecule has 0 aliphatic heterocycles. The molecule has 0 atom stereocenters. The number of halogens is 1. The molecular weight excluding hydrogens is 394 g/mol. The minimum atomic E-state index is 0.0784. The second kappa shape index (κ2) is 9.67. The summed E-state index contributed by atoms with van der Waals surface area (Å²) in [7, 11) is 2.18. The van der Waals surface area contributed by atoms with E-state index in [1.807, 2.05) is 30.5 Å². The number of hydrogen-bond donors (Lipinski definition) is 2. The van der Waals surface area contributed by atoms with Gasteiger partial charge in [-0.2, -0.15) is 0 Å². The van der Waals surface area contributed by atoms with Crippen molar-refractivity contribution in [3.8, 4) is 11.1 Å². The number of carbonyl (C=O) groups excluding carboxylic acids is 1. The molecule has 2 N–H and O–H groups in total. The van der Waals surface area contributed by atoms with Gasteiger partial charge in [-0.15, -0.1) is 0 Å². The van der Waals surface area contributed by atoms with Crippen LogP contribution < -0.4 is 5.32 Å². The number of nitrogens with one attached hydrogen (secondary N) is 2. The number of hydrogen-bond acceptors (Lipinski definition) is 2. The minimum absolute atomic E-state index is 0.0784. The third-order valence-electron chi connectivity index (χ3n) is 6.28. The number of H-pyrrole nitrogens is 1. The maximum Gasteiger partial charge on any atom is 0.224 e. The summed E-state index contributed by atoms with van der Waals surface area (Å²) in [5, 5.41) is 4.92. The molecule has 1 aliphatic carbocycles. The first kappa shape index (κ1) is 21.0. The second-order valence-electron chi connectivity index (χ2n) is 8.38. The molecule has 4 nitrogen and oxygen atoms in total. The summed E-state index contributed by atoms with van der Waals surface area (Å²) in [5.41, 5.74) is 4.33. The summed E-state index contributed by atoms with van der Waals surface area (Å²) < 4.78 is 0. The number of nitrogens with zero attached hydrogens (tertiary/aromatic N) is 1. The zero-order valence-electron chi connectivity index (χ0n) is 17.6. The van der Waals surface area contributed by atoms with Gasteiger partial charge in [-0.05, 0) is 54.8 Å². The van der Waals surface area contributed by atoms with Crippen molar-refractivity contribution in [1.82, 2.24) is 15.2 Å². The number of aromatic amines is 1. The first-order valence-corrected chi connectivity index (χ1v) is 11.3. The molecule has 2 aromatic carbocycles. The summed E-state index contributed by atoms with van der Waals surface area (Å²) in [6, 6.07) is 14.8. The van der Waals surface area contributed by atoms with Gasteiger partial charge in [0.25, 0.3) is 0 Å². The SMILES string of the molecule is CN(CCNC(=O)Cc1c[nH]c2cc(-c3ccc(Cl)cc3)ccc12)C1CCCCC1. The van der Waals surface area contributed by atoms with Crippen LogP contribution in [0.5, 0.6) is 0 Å². The highest BCUT2D eigenvalue weighted by Gasteiger charge is 2.17. The van der Waals surface area contributed by atoms with Gasteiger partial charge in [0.05, 0.1) is 6.42 Å². The number of benzene rings is 2. The molecule has 1 amide bonds. The van der Waals surface area contributed by atoms with E-state index in [1.165, 1.54) is 32.1 Å². The van der Waals surface area contributed by atoms with Crippen LogP contribution >= 0.6 is 11.6 Å². The Balaban J connectivity index is 1.33. The van der Waals surface area contributed by atoms with E-state index in [4.69, 9.17) is 11.6 Å². The highest BCUT2D eigenvalue weighted by Crippen LogP contribution is 2.27. The lowest BCUT2D eigenvalue weighted by Crippen LogP contribution is -2.39. The van der Waals surface area contributed by atoms with Crippen LogP contribution in [-0.2, 0) is 11.2 Å². The number of rotatable bonds is 7. The highest BCUT2D eigenvalue weighted by molar-refractivity contribution is 6.30. The van der Waals surface area contributed by atoms with Gasteiger partial charge in [0.2, 0.25) is 5.91 Å². The van der Waals surface area contributed by atoms with Crippen LogP contribution in [0.3, 0.4) is 0 Å². The molecule has 0 saturated heterocycles. The fourth-order valence-electron chi connectivity index (χ4n) is 4.47. The lowest BCUT2D eigenvalue weighted by Gasteiger charge is -2.31. The monoisotopic (exact) mass is 423 g/mol. The van der Waals surface area contributed by atoms with Crippen molar-refractivity contribution in [3.63, 3.8) is 0 Å². The molecule has 158 valence electrons. The van der Waals surface area contributed by atoms with Crippen LogP contribution in [0.1, 0.15) is 37.7 Å². The van der Waals surface area contributed by atoms with E-state index < -0.39 is 0 Å². The fourth-order valence-corrected chi connectivity index (χ4v) is 4.59. The third-order valence-corrected chi connectivity index (χ3v) is 6.53. The Labute approximate surface area is 183 Å². The molecule has 1 saturated carbocycles. The highest BCUT2D eigenvalue weighted by atomic mass is 35.5. The molecular formula is C25H30ClN3O. The minimum Gasteiger partial charge on any atom is -0.361 e. The third kappa shape index (κ3) is 5.05. The second-order valence-corrected chi connectivity index (χ2v) is 8.82. The summed E-state index contributed by atoms with van der Waals surface area (Å²) in [6.07, 6.45) is 8.96. The Bertz CT molecular complexity index is 989. The van der Waals surface area contributed by atoms with E-state index in [9.17, 15) is 4.79 Å². The molecule has 4 rings (SSSR count). The summed E-state index contributed by atoms with van der Waals surface area (Å²) >= 11 is 5.99. The Hall–Kier alpha value is -2.30. The van der Waals surface area contributed by atoms with Gasteiger partial charge in [0.1, 0.15) is 0 Å². The predicted octanol–water partition coefficient (Wildman–Crippen LogP) is 5.41. The largest absolute Gasteiger partial charge is 0.361 e. The van der Waals surface area contributed by atoms with E-state index in [0.29, 0.717) is 19.0 Å². The zero-order valence-corrected chi connectivity index (χ0v) is 18.3. The average molecular weight is 424 g/mol. The van der Waals surface area contributed by atoms with Crippen LogP contribution in [0.25, 0.3) is 22.0 Å². The van der Waals surface area contributed by atoms with Gasteiger partial charge in [-0.3, -0.25) is 4.79 Å². The molecule has 1 aliphatic rings. The first-order chi connectivity index (χ1) is 14.6. The molecule has 3 aromatic rings. The summed E-state index contributed by atoms with van der Waals surface area (Å²) in [4.78, 5) is 18.2. The van der Waals surface area contributed by atoms with Crippen LogP contribution in [0.4, 0.5) is 0 Å². The molecule has 0 unspecified atom stereocenters. The van der Waals surface area contributed by atoms with Crippen molar-refractivity contribution in [1.29, 1.82) is 0 Å². The molecule has 0 radical (unpaired) electrons. The summed E-state index contributed by atoms with van der Waals surface area (Å²) in [6.45, 7) is 1.61. The van der Waals surface area contributed by atoms with Crippen molar-refractivity contribution in [3.05, 3.63) is 59.2 Å². The lowest BCUT2D eigenvalue weighted by atomic mass is 9.94. The van der Waals surface area contributed by atoms with Gasteiger partial charge in [0, 0.05) is 41.3 Å². The van der Waals surface area contributed by atoms with E-state index in [0.717, 1.165) is 39.2 Å². The maximum atomic E-state index is 12.5. The zero-order chi connectivity index (χ0) is 20.9. The van der Waals surface area contributed by atoms with Gasteiger partial charge in [-0.1, -0.05) is 55.1 Å². The van der Waals surface area contributed by atoms with E-state index in [1.54, 1.807) is 0 Å². The Morgan fingerprint density at radius 2 is 1.83 bits per heavy atom. The Kier molecular flexibility index (Phi) is 6.76. The van der Waals surface area contributed by atoms with Crippen molar-refractivity contribution >= 4 is 28.4 Å². The van der Waals surface area contributed by atoms with Crippen LogP contribution in [0.15, 0.2) is 48.7 Å². The van der Waals surface area contributed by atoms with Crippen molar-refractivity contribution in [2.45, 2.75) is 44.6 Å². The van der Waals surface area contributed by atoms with Crippen molar-refractivity contribution < 1.29 is 4.79 Å². The van der Waals surface area contributed by atoms with Crippen LogP contribution in [0, 0.1) is 0 Å². The topological polar surface area (TPSA) is 48.1 Å². The van der Waals surface area contributed by atoms with Gasteiger partial charge in [0.15, 0.2) is 0 Å². The van der Waals surface area contributed by atoms with Gasteiger partial charge < -0.3 is 15.2 Å². The van der Waals surface area contributed by atoms with E-state index in [2.05, 4.69) is 40.4 Å². The predicted molar refractivity (Wildman–Crippen MR) is 125 cm³/mol. The van der Waals surface area contributed by atoms with Gasteiger partial charge in [-0.25, -0.2) is 0 Å². The normalized spacial score (nSPS) is 15.0. The number of amides is 1. The molecule has 30 heavy (non-hydrogen) atoms. The van der Waals surface area contributed by atoms with Gasteiger partial charge >= 0.3 is 0 Å². The smallest absolute Gasteiger partial charge is 0.224 e. The van der Waals surface area contributed by atoms with Crippen molar-refractivity contribution in [2.75, 3.05) is 20.1 Å². The van der Waals surface area contributed by atoms with E-state index in [-0.39, 0.29) is 5.91 Å². The molecule has 1 aromatic heterocycles. The van der Waals surface area contributed by atoms with E-state index >= 15 is 0 Å². The fraction of sp³-hybridized carbons (Fsp3) is 0.400. The number of carbonyl (C=O) groups is 1. The molecule has 1 fully saturated rings. The molecule has 0 spiro atoms.